The standard InChI is InChI=1S/C23H21Cl2N3O5.2Na/c1-12-11-28(2)22(32)20(21(12)31)27-23(33)26-18(10-19(29)30)14-5-3-4-13(8-14)16-7-6-15(24)9-17(16)25;;/h3-9,11,18,31H,10H2,1-2H3,(H,29,30)(H2,26,27,33);;/q;2*+1/p-2. The first-order valence-electron chi connectivity index (χ1n) is 9.76. The molecule has 35 heavy (non-hydrogen) atoms. The third-order valence-electron chi connectivity index (χ3n) is 4.95. The molecule has 3 rings (SSSR count). The number of pyridine rings is 1. The maximum Gasteiger partial charge on any atom is 1.00 e. The molecule has 2 aromatic carbocycles. The van der Waals surface area contributed by atoms with Crippen LogP contribution in [0.25, 0.3) is 11.1 Å². The average molecular weight is 534 g/mol. The third kappa shape index (κ3) is 8.00. The first-order chi connectivity index (χ1) is 15.6. The molecule has 3 aromatic rings. The molecule has 0 bridgehead atoms. The molecule has 0 aliphatic heterocycles. The molecular weight excluding hydrogens is 515 g/mol. The van der Waals surface area contributed by atoms with Crippen molar-refractivity contribution in [3.63, 3.8) is 0 Å². The molecule has 0 saturated carbocycles. The minimum absolute atomic E-state index is 0. The number of hydrogen-bond donors (Lipinski definition) is 2. The number of anilines is 1. The van der Waals surface area contributed by atoms with Gasteiger partial charge in [0.15, 0.2) is 0 Å². The number of urea groups is 1. The summed E-state index contributed by atoms with van der Waals surface area (Å²) in [6.45, 7) is 1.51. The minimum atomic E-state index is -1.40. The summed E-state index contributed by atoms with van der Waals surface area (Å²) in [5.74, 6) is -2.02. The summed E-state index contributed by atoms with van der Waals surface area (Å²) in [6, 6.07) is 9.82. The van der Waals surface area contributed by atoms with Crippen LogP contribution in [-0.4, -0.2) is 16.6 Å². The molecule has 1 heterocycles. The van der Waals surface area contributed by atoms with Crippen LogP contribution in [0.4, 0.5) is 10.5 Å². The molecule has 2 amide bonds. The third-order valence-corrected chi connectivity index (χ3v) is 5.50. The van der Waals surface area contributed by atoms with Crippen LogP contribution in [0.1, 0.15) is 23.6 Å². The molecule has 172 valence electrons. The van der Waals surface area contributed by atoms with Gasteiger partial charge in [0.2, 0.25) is 0 Å². The number of amides is 2. The van der Waals surface area contributed by atoms with Crippen LogP contribution < -0.4 is 85.5 Å². The molecule has 0 spiro atoms. The number of aromatic nitrogens is 1. The van der Waals surface area contributed by atoms with Crippen molar-refractivity contribution in [2.45, 2.75) is 19.4 Å². The first kappa shape index (κ1) is 31.5. The van der Waals surface area contributed by atoms with Gasteiger partial charge < -0.3 is 30.2 Å². The number of benzene rings is 2. The molecule has 0 aliphatic carbocycles. The molecular formula is C23H19Cl2N3Na2O5. The quantitative estimate of drug-likeness (QED) is 0.322. The number of carbonyl (C=O) groups excluding carboxylic acids is 2. The van der Waals surface area contributed by atoms with E-state index in [9.17, 15) is 24.6 Å². The number of rotatable bonds is 6. The van der Waals surface area contributed by atoms with E-state index < -0.39 is 41.5 Å². The van der Waals surface area contributed by atoms with E-state index in [2.05, 4.69) is 10.6 Å². The molecule has 2 N–H and O–H groups in total. The zero-order valence-electron chi connectivity index (χ0n) is 19.6. The molecule has 8 nitrogen and oxygen atoms in total. The summed E-state index contributed by atoms with van der Waals surface area (Å²) in [6.07, 6.45) is 0.821. The Morgan fingerprint density at radius 2 is 1.80 bits per heavy atom. The van der Waals surface area contributed by atoms with E-state index in [0.29, 0.717) is 26.7 Å². The van der Waals surface area contributed by atoms with E-state index in [4.69, 9.17) is 23.2 Å². The fraction of sp³-hybridized carbons (Fsp3) is 0.174. The number of aliphatic carboxylic acids is 1. The van der Waals surface area contributed by atoms with E-state index in [1.54, 1.807) is 42.5 Å². The maximum absolute atomic E-state index is 12.6. The van der Waals surface area contributed by atoms with Crippen LogP contribution in [0.2, 0.25) is 10.0 Å². The number of carboxylic acids is 1. The number of halogens is 2. The molecule has 1 aromatic heterocycles. The summed E-state index contributed by atoms with van der Waals surface area (Å²) < 4.78 is 1.17. The van der Waals surface area contributed by atoms with Crippen molar-refractivity contribution in [3.8, 4) is 16.9 Å². The Hall–Kier alpha value is -1.49. The van der Waals surface area contributed by atoms with Gasteiger partial charge in [-0.3, -0.25) is 4.79 Å². The van der Waals surface area contributed by atoms with Crippen molar-refractivity contribution in [3.05, 3.63) is 80.2 Å². The average Bonchev–Trinajstić information content (AvgIpc) is 2.74. The number of nitrogens with one attached hydrogen (secondary N) is 2. The second-order valence-corrected chi connectivity index (χ2v) is 8.25. The van der Waals surface area contributed by atoms with Gasteiger partial charge in [0.05, 0.1) is 6.04 Å². The Bertz CT molecular complexity index is 1300. The van der Waals surface area contributed by atoms with Crippen LogP contribution in [0.3, 0.4) is 0 Å². The number of nitrogens with zero attached hydrogens (tertiary/aromatic N) is 1. The fourth-order valence-electron chi connectivity index (χ4n) is 3.36. The summed E-state index contributed by atoms with van der Waals surface area (Å²) in [5.41, 5.74) is 0.956. The van der Waals surface area contributed by atoms with Gasteiger partial charge in [-0.1, -0.05) is 53.2 Å². The Morgan fingerprint density at radius 3 is 2.43 bits per heavy atom. The second-order valence-electron chi connectivity index (χ2n) is 7.41. The number of hydrogen-bond acceptors (Lipinski definition) is 5. The van der Waals surface area contributed by atoms with Crippen LogP contribution in [0.5, 0.6) is 5.75 Å². The molecule has 1 atom stereocenters. The predicted molar refractivity (Wildman–Crippen MR) is 122 cm³/mol. The van der Waals surface area contributed by atoms with E-state index in [1.807, 2.05) is 0 Å². The van der Waals surface area contributed by atoms with E-state index >= 15 is 0 Å². The van der Waals surface area contributed by atoms with Gasteiger partial charge in [0, 0.05) is 41.2 Å². The van der Waals surface area contributed by atoms with Crippen LogP contribution in [-0.2, 0) is 11.8 Å². The normalized spacial score (nSPS) is 11.0. The van der Waals surface area contributed by atoms with E-state index in [-0.39, 0.29) is 64.7 Å². The van der Waals surface area contributed by atoms with Gasteiger partial charge in [-0.15, -0.1) is 0 Å². The Kier molecular flexibility index (Phi) is 12.4. The molecule has 1 unspecified atom stereocenters. The molecule has 12 heteroatoms. The van der Waals surface area contributed by atoms with Gasteiger partial charge in [0.1, 0.15) is 5.69 Å². The van der Waals surface area contributed by atoms with Crippen molar-refractivity contribution in [1.82, 2.24) is 9.88 Å². The largest absolute Gasteiger partial charge is 1.00 e. The van der Waals surface area contributed by atoms with Crippen LogP contribution >= 0.6 is 23.2 Å². The number of aryl methyl sites for hydroxylation is 2. The van der Waals surface area contributed by atoms with Crippen molar-refractivity contribution in [1.29, 1.82) is 0 Å². The van der Waals surface area contributed by atoms with Crippen molar-refractivity contribution in [2.24, 2.45) is 7.05 Å². The van der Waals surface area contributed by atoms with Crippen LogP contribution in [0.15, 0.2) is 53.5 Å². The van der Waals surface area contributed by atoms with Crippen molar-refractivity contribution in [2.75, 3.05) is 5.32 Å². The summed E-state index contributed by atoms with van der Waals surface area (Å²) >= 11 is 12.2. The predicted octanol–water partition coefficient (Wildman–Crippen LogP) is -3.25. The molecule has 0 fully saturated rings. The topological polar surface area (TPSA) is 126 Å². The van der Waals surface area contributed by atoms with Crippen LogP contribution in [0, 0.1) is 6.92 Å². The summed E-state index contributed by atoms with van der Waals surface area (Å²) in [5, 5.41) is 29.2. The van der Waals surface area contributed by atoms with Crippen molar-refractivity contribution >= 4 is 40.9 Å². The van der Waals surface area contributed by atoms with Gasteiger partial charge in [-0.2, -0.15) is 0 Å². The zero-order valence-corrected chi connectivity index (χ0v) is 25.2. The Balaban J connectivity index is 0.00000306. The number of carboxylic acid groups (broad SMARTS) is 1. The fourth-order valence-corrected chi connectivity index (χ4v) is 3.88. The Labute approximate surface area is 256 Å². The zero-order chi connectivity index (χ0) is 24.3. The van der Waals surface area contributed by atoms with E-state index in [0.717, 1.165) is 0 Å². The Morgan fingerprint density at radius 1 is 1.11 bits per heavy atom. The molecule has 0 aliphatic rings. The second kappa shape index (κ2) is 13.7. The van der Waals surface area contributed by atoms with Gasteiger partial charge >= 0.3 is 65.1 Å². The van der Waals surface area contributed by atoms with Gasteiger partial charge in [0.25, 0.3) is 5.56 Å². The SMILES string of the molecule is Cc1cn(C)c(=O)c(NC(=O)NC(CC(=O)[O-])c2cccc(-c3ccc(Cl)cc3Cl)c2)c1[O-].[Na+].[Na+]. The minimum Gasteiger partial charge on any atom is -0.871 e. The number of carbonyl (C=O) groups is 2. The molecule has 0 saturated heterocycles. The maximum atomic E-state index is 12.6. The van der Waals surface area contributed by atoms with E-state index in [1.165, 1.54) is 24.7 Å². The molecule has 0 radical (unpaired) electrons. The van der Waals surface area contributed by atoms with Crippen molar-refractivity contribution < 1.29 is 78.9 Å². The first-order valence-corrected chi connectivity index (χ1v) is 10.5. The summed E-state index contributed by atoms with van der Waals surface area (Å²) in [7, 11) is 1.45. The van der Waals surface area contributed by atoms with Gasteiger partial charge in [-0.25, -0.2) is 4.79 Å². The monoisotopic (exact) mass is 533 g/mol. The summed E-state index contributed by atoms with van der Waals surface area (Å²) in [4.78, 5) is 36.2. The van der Waals surface area contributed by atoms with Gasteiger partial charge in [-0.05, 0) is 41.8 Å². The smallest absolute Gasteiger partial charge is 0.871 e.